The monoisotopic (exact) mass is 241 g/mol. The second-order valence-electron chi connectivity index (χ2n) is 3.43. The van der Waals surface area contributed by atoms with Crippen molar-refractivity contribution in [3.63, 3.8) is 0 Å². The first-order chi connectivity index (χ1) is 8.17. The average molecular weight is 241 g/mol. The SMILES string of the molecule is COCC(CCO)NC(=O)c1c[nH]c(=O)cn1. The van der Waals surface area contributed by atoms with Crippen molar-refractivity contribution in [2.75, 3.05) is 20.3 Å². The van der Waals surface area contributed by atoms with Gasteiger partial charge >= 0.3 is 0 Å². The van der Waals surface area contributed by atoms with Crippen molar-refractivity contribution >= 4 is 5.91 Å². The molecular weight excluding hydrogens is 226 g/mol. The Labute approximate surface area is 97.8 Å². The van der Waals surface area contributed by atoms with E-state index in [1.807, 2.05) is 0 Å². The molecule has 1 atom stereocenters. The standard InChI is InChI=1S/C10H15N3O4/c1-17-6-7(2-3-14)13-10(16)8-4-12-9(15)5-11-8/h4-5,7,14H,2-3,6H2,1H3,(H,12,15)(H,13,16). The van der Waals surface area contributed by atoms with E-state index in [2.05, 4.69) is 15.3 Å². The Morgan fingerprint density at radius 1 is 1.71 bits per heavy atom. The molecule has 1 heterocycles. The molecule has 7 heteroatoms. The summed E-state index contributed by atoms with van der Waals surface area (Å²) in [5.41, 5.74) is -0.256. The molecule has 0 aromatic carbocycles. The zero-order valence-electron chi connectivity index (χ0n) is 9.47. The number of H-pyrrole nitrogens is 1. The molecule has 0 saturated heterocycles. The van der Waals surface area contributed by atoms with E-state index in [-0.39, 0.29) is 23.9 Å². The Kier molecular flexibility index (Phi) is 5.31. The maximum absolute atomic E-state index is 11.7. The minimum atomic E-state index is -0.420. The number of aliphatic hydroxyl groups is 1. The van der Waals surface area contributed by atoms with Crippen molar-refractivity contribution < 1.29 is 14.6 Å². The normalized spacial score (nSPS) is 12.1. The van der Waals surface area contributed by atoms with Crippen molar-refractivity contribution in [2.24, 2.45) is 0 Å². The Morgan fingerprint density at radius 2 is 2.47 bits per heavy atom. The van der Waals surface area contributed by atoms with E-state index < -0.39 is 5.91 Å². The van der Waals surface area contributed by atoms with Gasteiger partial charge in [-0.3, -0.25) is 9.59 Å². The predicted molar refractivity (Wildman–Crippen MR) is 59.7 cm³/mol. The number of nitrogens with one attached hydrogen (secondary N) is 2. The molecule has 1 aromatic rings. The number of hydrogen-bond acceptors (Lipinski definition) is 5. The van der Waals surface area contributed by atoms with Crippen molar-refractivity contribution in [1.29, 1.82) is 0 Å². The number of aromatic amines is 1. The lowest BCUT2D eigenvalue weighted by Gasteiger charge is -2.16. The van der Waals surface area contributed by atoms with Gasteiger partial charge in [0.05, 0.1) is 18.8 Å². The summed E-state index contributed by atoms with van der Waals surface area (Å²) in [4.78, 5) is 28.5. The summed E-state index contributed by atoms with van der Waals surface area (Å²) in [6.45, 7) is 0.253. The third-order valence-electron chi connectivity index (χ3n) is 2.09. The molecule has 94 valence electrons. The van der Waals surface area contributed by atoms with E-state index >= 15 is 0 Å². The van der Waals surface area contributed by atoms with Crippen LogP contribution in [0.3, 0.4) is 0 Å². The maximum atomic E-state index is 11.7. The van der Waals surface area contributed by atoms with Gasteiger partial charge in [0.2, 0.25) is 0 Å². The number of carbonyl (C=O) groups excluding carboxylic acids is 1. The summed E-state index contributed by atoms with van der Waals surface area (Å²) in [6, 6.07) is -0.286. The Morgan fingerprint density at radius 3 is 3.00 bits per heavy atom. The van der Waals surface area contributed by atoms with Crippen molar-refractivity contribution in [3.05, 3.63) is 28.4 Å². The number of methoxy groups -OCH3 is 1. The highest BCUT2D eigenvalue weighted by Crippen LogP contribution is 1.95. The van der Waals surface area contributed by atoms with Crippen LogP contribution >= 0.6 is 0 Å². The van der Waals surface area contributed by atoms with E-state index in [1.54, 1.807) is 0 Å². The molecule has 0 aliphatic rings. The second-order valence-corrected chi connectivity index (χ2v) is 3.43. The summed E-state index contributed by atoms with van der Waals surface area (Å²) in [7, 11) is 1.51. The van der Waals surface area contributed by atoms with Gasteiger partial charge in [-0.1, -0.05) is 0 Å². The topological polar surface area (TPSA) is 104 Å². The zero-order valence-corrected chi connectivity index (χ0v) is 9.47. The lowest BCUT2D eigenvalue weighted by atomic mass is 10.2. The van der Waals surface area contributed by atoms with Crippen LogP contribution in [0.5, 0.6) is 0 Å². The Bertz CT molecular complexity index is 392. The molecule has 0 fully saturated rings. The van der Waals surface area contributed by atoms with Crippen LogP contribution in [-0.4, -0.2) is 47.3 Å². The molecule has 0 spiro atoms. The molecule has 0 aliphatic heterocycles. The second kappa shape index (κ2) is 6.77. The van der Waals surface area contributed by atoms with E-state index in [0.29, 0.717) is 13.0 Å². The number of carbonyl (C=O) groups is 1. The fourth-order valence-electron chi connectivity index (χ4n) is 1.28. The molecule has 7 nitrogen and oxygen atoms in total. The van der Waals surface area contributed by atoms with Crippen molar-refractivity contribution in [3.8, 4) is 0 Å². The Balaban J connectivity index is 2.63. The van der Waals surface area contributed by atoms with Gasteiger partial charge < -0.3 is 20.1 Å². The first-order valence-electron chi connectivity index (χ1n) is 5.12. The summed E-state index contributed by atoms with van der Waals surface area (Å²) < 4.78 is 4.91. The molecule has 1 rings (SSSR count). The zero-order chi connectivity index (χ0) is 12.7. The average Bonchev–Trinajstić information content (AvgIpc) is 2.30. The minimum absolute atomic E-state index is 0.0483. The summed E-state index contributed by atoms with van der Waals surface area (Å²) >= 11 is 0. The van der Waals surface area contributed by atoms with Crippen LogP contribution in [0, 0.1) is 0 Å². The highest BCUT2D eigenvalue weighted by Gasteiger charge is 2.14. The molecular formula is C10H15N3O4. The van der Waals surface area contributed by atoms with E-state index in [1.165, 1.54) is 13.3 Å². The molecule has 0 saturated carbocycles. The van der Waals surface area contributed by atoms with Gasteiger partial charge in [0.15, 0.2) is 0 Å². The summed E-state index contributed by atoms with van der Waals surface area (Å²) in [5, 5.41) is 11.5. The fraction of sp³-hybridized carbons (Fsp3) is 0.500. The van der Waals surface area contributed by atoms with Gasteiger partial charge in [-0.25, -0.2) is 4.98 Å². The van der Waals surface area contributed by atoms with Crippen LogP contribution in [0.15, 0.2) is 17.2 Å². The number of nitrogens with zero attached hydrogens (tertiary/aromatic N) is 1. The van der Waals surface area contributed by atoms with Crippen LogP contribution in [0.4, 0.5) is 0 Å². The maximum Gasteiger partial charge on any atom is 0.271 e. The van der Waals surface area contributed by atoms with E-state index in [0.717, 1.165) is 6.20 Å². The molecule has 1 aromatic heterocycles. The molecule has 17 heavy (non-hydrogen) atoms. The number of ether oxygens (including phenoxy) is 1. The summed E-state index contributed by atoms with van der Waals surface area (Å²) in [5.74, 6) is -0.420. The third kappa shape index (κ3) is 4.33. The number of aromatic nitrogens is 2. The van der Waals surface area contributed by atoms with Gasteiger partial charge in [0.25, 0.3) is 11.5 Å². The number of aliphatic hydroxyl groups excluding tert-OH is 1. The number of hydrogen-bond donors (Lipinski definition) is 3. The van der Waals surface area contributed by atoms with Gasteiger partial charge in [-0.05, 0) is 6.42 Å². The van der Waals surface area contributed by atoms with Gasteiger partial charge in [-0.2, -0.15) is 0 Å². The highest BCUT2D eigenvalue weighted by atomic mass is 16.5. The molecule has 0 radical (unpaired) electrons. The largest absolute Gasteiger partial charge is 0.396 e. The smallest absolute Gasteiger partial charge is 0.271 e. The fourth-order valence-corrected chi connectivity index (χ4v) is 1.28. The van der Waals surface area contributed by atoms with Crippen LogP contribution < -0.4 is 10.9 Å². The third-order valence-corrected chi connectivity index (χ3v) is 2.09. The summed E-state index contributed by atoms with van der Waals surface area (Å²) in [6.07, 6.45) is 2.66. The highest BCUT2D eigenvalue weighted by molar-refractivity contribution is 5.92. The van der Waals surface area contributed by atoms with Gasteiger partial charge in [0, 0.05) is 19.9 Å². The van der Waals surface area contributed by atoms with Crippen LogP contribution in [-0.2, 0) is 4.74 Å². The lowest BCUT2D eigenvalue weighted by molar-refractivity contribution is 0.0873. The lowest BCUT2D eigenvalue weighted by Crippen LogP contribution is -2.39. The van der Waals surface area contributed by atoms with Crippen LogP contribution in [0.2, 0.25) is 0 Å². The number of rotatable bonds is 6. The minimum Gasteiger partial charge on any atom is -0.396 e. The van der Waals surface area contributed by atoms with E-state index in [4.69, 9.17) is 9.84 Å². The number of amides is 1. The molecule has 1 unspecified atom stereocenters. The van der Waals surface area contributed by atoms with Crippen molar-refractivity contribution in [2.45, 2.75) is 12.5 Å². The van der Waals surface area contributed by atoms with Gasteiger partial charge in [0.1, 0.15) is 5.69 Å². The van der Waals surface area contributed by atoms with Crippen LogP contribution in [0.1, 0.15) is 16.9 Å². The first kappa shape index (κ1) is 13.3. The first-order valence-corrected chi connectivity index (χ1v) is 5.12. The Hall–Kier alpha value is -1.73. The molecule has 0 aliphatic carbocycles. The van der Waals surface area contributed by atoms with Crippen LogP contribution in [0.25, 0.3) is 0 Å². The van der Waals surface area contributed by atoms with Gasteiger partial charge in [-0.15, -0.1) is 0 Å². The molecule has 0 bridgehead atoms. The van der Waals surface area contributed by atoms with E-state index in [9.17, 15) is 9.59 Å². The predicted octanol–water partition coefficient (Wildman–Crippen LogP) is -1.10. The molecule has 1 amide bonds. The quantitative estimate of drug-likeness (QED) is 0.586. The van der Waals surface area contributed by atoms with Crippen molar-refractivity contribution in [1.82, 2.24) is 15.3 Å². The molecule has 3 N–H and O–H groups in total.